The van der Waals surface area contributed by atoms with Crippen LogP contribution in [0.2, 0.25) is 0 Å². The van der Waals surface area contributed by atoms with E-state index in [1.54, 1.807) is 0 Å². The van der Waals surface area contributed by atoms with Crippen LogP contribution in [-0.4, -0.2) is 16.2 Å². The lowest BCUT2D eigenvalue weighted by molar-refractivity contribution is 0.483. The quantitative estimate of drug-likeness (QED) is 0.150. The lowest BCUT2D eigenvalue weighted by Gasteiger charge is -2.22. The first-order chi connectivity index (χ1) is 25.5. The maximum atomic E-state index is 6.75. The van der Waals surface area contributed by atoms with Crippen molar-refractivity contribution in [3.05, 3.63) is 144 Å². The molecule has 5 aromatic carbocycles. The van der Waals surface area contributed by atoms with Gasteiger partial charge in [-0.05, 0) is 114 Å². The number of ether oxygens (including phenoxy) is 1. The maximum Gasteiger partial charge on any atom is 0.137 e. The molecule has 8 rings (SSSR count). The van der Waals surface area contributed by atoms with Crippen LogP contribution in [0, 0.1) is 11.8 Å². The molecule has 0 saturated carbocycles. The molecule has 53 heavy (non-hydrogen) atoms. The van der Waals surface area contributed by atoms with Gasteiger partial charge in [-0.1, -0.05) is 90.9 Å². The summed E-state index contributed by atoms with van der Waals surface area (Å²) < 4.78 is 9.10. The number of para-hydroxylation sites is 3. The molecule has 2 aromatic heterocycles. The molecule has 0 amide bonds. The summed E-state index contributed by atoms with van der Waals surface area (Å²) in [6, 6.07) is 43.3. The van der Waals surface area contributed by atoms with Crippen molar-refractivity contribution >= 4 is 44.6 Å². The molecule has 0 bridgehead atoms. The van der Waals surface area contributed by atoms with E-state index in [-0.39, 0.29) is 5.41 Å². The highest BCUT2D eigenvalue weighted by Crippen LogP contribution is 2.45. The molecule has 1 aliphatic rings. The van der Waals surface area contributed by atoms with E-state index in [1.165, 1.54) is 50.0 Å². The monoisotopic (exact) mass is 698 g/mol. The van der Waals surface area contributed by atoms with Gasteiger partial charge in [0.25, 0.3) is 0 Å². The highest BCUT2D eigenvalue weighted by Gasteiger charge is 2.28. The summed E-state index contributed by atoms with van der Waals surface area (Å²) in [6.45, 7) is 16.8. The summed E-state index contributed by atoms with van der Waals surface area (Å²) in [4.78, 5) is 9.70. The molecule has 7 aromatic rings. The number of aromatic nitrogens is 2. The van der Waals surface area contributed by atoms with E-state index in [2.05, 4.69) is 178 Å². The number of benzene rings is 5. The number of nitrogens with zero attached hydrogens (tertiary/aromatic N) is 4. The Morgan fingerprint density at radius 1 is 0.642 bits per heavy atom. The van der Waals surface area contributed by atoms with Gasteiger partial charge in [0.15, 0.2) is 0 Å². The maximum absolute atomic E-state index is 6.75. The number of rotatable bonds is 9. The fraction of sp³-hybridized carbons (Fsp3) is 0.271. The zero-order chi connectivity index (χ0) is 36.9. The van der Waals surface area contributed by atoms with Crippen LogP contribution < -0.4 is 14.5 Å². The van der Waals surface area contributed by atoms with Crippen LogP contribution in [0.5, 0.6) is 11.5 Å². The second kappa shape index (κ2) is 13.8. The smallest absolute Gasteiger partial charge is 0.137 e. The summed E-state index contributed by atoms with van der Waals surface area (Å²) in [7, 11) is 0. The Bertz CT molecular complexity index is 2420. The van der Waals surface area contributed by atoms with E-state index < -0.39 is 0 Å². The summed E-state index contributed by atoms with van der Waals surface area (Å²) in [6.07, 6.45) is 4.04. The van der Waals surface area contributed by atoms with Gasteiger partial charge in [0.2, 0.25) is 0 Å². The zero-order valence-electron chi connectivity index (χ0n) is 32.1. The molecule has 0 aliphatic carbocycles. The molecule has 0 spiro atoms. The molecule has 0 unspecified atom stereocenters. The van der Waals surface area contributed by atoms with Crippen LogP contribution in [0.1, 0.15) is 65.2 Å². The van der Waals surface area contributed by atoms with Gasteiger partial charge in [0, 0.05) is 40.5 Å². The molecular weight excluding hydrogens is 649 g/mol. The first-order valence-corrected chi connectivity index (χ1v) is 19.1. The second-order valence-corrected chi connectivity index (χ2v) is 16.4. The highest BCUT2D eigenvalue weighted by atomic mass is 16.5. The molecule has 0 atom stereocenters. The first-order valence-electron chi connectivity index (χ1n) is 19.1. The number of anilines is 4. The minimum absolute atomic E-state index is 0.00302. The van der Waals surface area contributed by atoms with Crippen LogP contribution in [0.3, 0.4) is 0 Å². The Hall–Kier alpha value is -5.55. The topological polar surface area (TPSA) is 33.5 Å². The Kier molecular flexibility index (Phi) is 8.98. The molecule has 0 fully saturated rings. The molecule has 1 aliphatic heterocycles. The van der Waals surface area contributed by atoms with Gasteiger partial charge in [-0.2, -0.15) is 0 Å². The predicted molar refractivity (Wildman–Crippen MR) is 223 cm³/mol. The minimum atomic E-state index is -0.00302. The van der Waals surface area contributed by atoms with Gasteiger partial charge in [0.05, 0.1) is 22.4 Å². The standard InChI is InChI=1S/C48H50N4O/c1-32(2)26-34-20-23-44-47(41(34)27-33(3)4)40-22-21-39(30-45(40)52(44)46-28-35(24-25-49-46)48(5,6)7)53-38-17-13-16-37(29-38)51-31-50(36-14-9-8-10-15-36)42-18-11-12-19-43(42)51/h8-25,28-30,32-33H,26-27,31H2,1-7H3. The van der Waals surface area contributed by atoms with Crippen LogP contribution in [0.25, 0.3) is 27.6 Å². The van der Waals surface area contributed by atoms with Crippen LogP contribution in [0.15, 0.2) is 128 Å². The van der Waals surface area contributed by atoms with Crippen LogP contribution in [0.4, 0.5) is 22.7 Å². The Morgan fingerprint density at radius 2 is 1.32 bits per heavy atom. The summed E-state index contributed by atoms with van der Waals surface area (Å²) in [5.74, 6) is 3.63. The van der Waals surface area contributed by atoms with Crippen LogP contribution >= 0.6 is 0 Å². The van der Waals surface area contributed by atoms with Crippen molar-refractivity contribution in [2.24, 2.45) is 11.8 Å². The van der Waals surface area contributed by atoms with Gasteiger partial charge in [-0.25, -0.2) is 4.98 Å². The summed E-state index contributed by atoms with van der Waals surface area (Å²) >= 11 is 0. The predicted octanol–water partition coefficient (Wildman–Crippen LogP) is 12.9. The SMILES string of the molecule is CC(C)Cc1ccc2c(c1CC(C)C)c1ccc(Oc3cccc(N4CN(c5ccccc5)c5ccccc54)c3)cc1n2-c1cc(C(C)(C)C)ccn1. The Labute approximate surface area is 314 Å². The molecule has 5 nitrogen and oxygen atoms in total. The van der Waals surface area contributed by atoms with Crippen molar-refractivity contribution < 1.29 is 4.74 Å². The van der Waals surface area contributed by atoms with Crippen molar-refractivity contribution in [1.29, 1.82) is 0 Å². The highest BCUT2D eigenvalue weighted by molar-refractivity contribution is 6.11. The van der Waals surface area contributed by atoms with Gasteiger partial charge >= 0.3 is 0 Å². The second-order valence-electron chi connectivity index (χ2n) is 16.4. The lowest BCUT2D eigenvalue weighted by Crippen LogP contribution is -2.23. The molecule has 3 heterocycles. The lowest BCUT2D eigenvalue weighted by atomic mass is 9.88. The molecule has 268 valence electrons. The van der Waals surface area contributed by atoms with E-state index >= 15 is 0 Å². The number of pyridine rings is 1. The van der Waals surface area contributed by atoms with E-state index in [1.807, 2.05) is 12.3 Å². The molecule has 0 N–H and O–H groups in total. The minimum Gasteiger partial charge on any atom is -0.457 e. The van der Waals surface area contributed by atoms with Gasteiger partial charge in [-0.15, -0.1) is 0 Å². The number of hydrogen-bond donors (Lipinski definition) is 0. The molecule has 0 saturated heterocycles. The third-order valence-corrected chi connectivity index (χ3v) is 10.4. The Morgan fingerprint density at radius 3 is 2.04 bits per heavy atom. The van der Waals surface area contributed by atoms with Gasteiger partial charge < -0.3 is 14.5 Å². The zero-order valence-corrected chi connectivity index (χ0v) is 32.1. The largest absolute Gasteiger partial charge is 0.457 e. The van der Waals surface area contributed by atoms with Crippen LogP contribution in [-0.2, 0) is 18.3 Å². The van der Waals surface area contributed by atoms with E-state index in [9.17, 15) is 0 Å². The van der Waals surface area contributed by atoms with E-state index in [0.29, 0.717) is 11.8 Å². The third-order valence-electron chi connectivity index (χ3n) is 10.4. The average Bonchev–Trinajstić information content (AvgIpc) is 3.69. The number of hydrogen-bond acceptors (Lipinski definition) is 4. The Balaban J connectivity index is 1.23. The third kappa shape index (κ3) is 6.65. The molecule has 0 radical (unpaired) electrons. The normalized spacial score (nSPS) is 13.2. The van der Waals surface area contributed by atoms with Crippen molar-refractivity contribution in [2.75, 3.05) is 16.5 Å². The van der Waals surface area contributed by atoms with Crippen molar-refractivity contribution in [3.63, 3.8) is 0 Å². The van der Waals surface area contributed by atoms with Gasteiger partial charge in [-0.3, -0.25) is 4.57 Å². The number of fused-ring (bicyclic) bond motifs is 4. The van der Waals surface area contributed by atoms with Crippen molar-refractivity contribution in [2.45, 2.75) is 66.7 Å². The van der Waals surface area contributed by atoms with Crippen molar-refractivity contribution in [3.8, 4) is 17.3 Å². The summed E-state index contributed by atoms with van der Waals surface area (Å²) in [5.41, 5.74) is 11.1. The average molecular weight is 699 g/mol. The van der Waals surface area contributed by atoms with Crippen molar-refractivity contribution in [1.82, 2.24) is 9.55 Å². The molecular formula is C48H50N4O. The van der Waals surface area contributed by atoms with Gasteiger partial charge in [0.1, 0.15) is 24.0 Å². The van der Waals surface area contributed by atoms with E-state index in [0.717, 1.165) is 48.0 Å². The first kappa shape index (κ1) is 34.5. The fourth-order valence-corrected chi connectivity index (χ4v) is 7.91. The fourth-order valence-electron chi connectivity index (χ4n) is 7.91. The molecule has 5 heteroatoms. The van der Waals surface area contributed by atoms with E-state index in [4.69, 9.17) is 9.72 Å². The summed E-state index contributed by atoms with van der Waals surface area (Å²) in [5, 5.41) is 2.57.